The highest BCUT2D eigenvalue weighted by molar-refractivity contribution is 7.18. The molecule has 0 radical (unpaired) electrons. The zero-order chi connectivity index (χ0) is 18.7. The van der Waals surface area contributed by atoms with E-state index in [1.165, 1.54) is 17.7 Å². The normalized spacial score (nSPS) is 17.8. The van der Waals surface area contributed by atoms with Gasteiger partial charge in [0, 0.05) is 49.4 Å². The molecule has 4 aromatic rings. The number of anilines is 2. The molecule has 0 aromatic carbocycles. The fraction of sp³-hybridized carbons (Fsp3) is 0.421. The Morgan fingerprint density at radius 2 is 1.75 bits per heavy atom. The Morgan fingerprint density at radius 3 is 2.54 bits per heavy atom. The van der Waals surface area contributed by atoms with E-state index in [-0.39, 0.29) is 0 Å². The molecule has 1 saturated heterocycles. The standard InChI is InChI=1S/C19H20N8S/c1-12-10-14-16(21-11-22-19(14)28-12)25-6-8-26(9-7-25)17-18-24-23-15(13-2-3-13)27(18)5-4-20-17/h4-5,10-11,13H,2-3,6-9H2,1H3. The summed E-state index contributed by atoms with van der Waals surface area (Å²) in [5.74, 6) is 3.62. The number of thiophene rings is 1. The number of nitrogens with zero attached hydrogens (tertiary/aromatic N) is 8. The largest absolute Gasteiger partial charge is 0.352 e. The Bertz CT molecular complexity index is 1170. The molecule has 0 amide bonds. The summed E-state index contributed by atoms with van der Waals surface area (Å²) >= 11 is 1.72. The molecular formula is C19H20N8S. The minimum Gasteiger partial charge on any atom is -0.352 e. The SMILES string of the molecule is Cc1cc2c(N3CCN(c4nccn5c(C6CC6)nnc45)CC3)ncnc2s1. The van der Waals surface area contributed by atoms with Gasteiger partial charge < -0.3 is 9.80 Å². The average molecular weight is 392 g/mol. The van der Waals surface area contributed by atoms with Crippen LogP contribution in [0.1, 0.15) is 29.5 Å². The summed E-state index contributed by atoms with van der Waals surface area (Å²) in [6, 6.07) is 2.19. The van der Waals surface area contributed by atoms with Crippen molar-refractivity contribution in [1.82, 2.24) is 29.5 Å². The van der Waals surface area contributed by atoms with E-state index in [4.69, 9.17) is 0 Å². The molecule has 1 aliphatic heterocycles. The molecule has 1 aliphatic carbocycles. The molecule has 2 fully saturated rings. The maximum Gasteiger partial charge on any atom is 0.203 e. The lowest BCUT2D eigenvalue weighted by atomic mass is 10.2. The van der Waals surface area contributed by atoms with Crippen molar-refractivity contribution in [3.05, 3.63) is 35.5 Å². The second-order valence-corrected chi connectivity index (χ2v) is 8.76. The van der Waals surface area contributed by atoms with Gasteiger partial charge in [-0.05, 0) is 25.8 Å². The van der Waals surface area contributed by atoms with Crippen LogP contribution in [-0.2, 0) is 0 Å². The van der Waals surface area contributed by atoms with Crippen molar-refractivity contribution < 1.29 is 0 Å². The first-order valence-corrected chi connectivity index (χ1v) is 10.5. The smallest absolute Gasteiger partial charge is 0.203 e. The summed E-state index contributed by atoms with van der Waals surface area (Å²) in [5.41, 5.74) is 0.871. The molecule has 1 saturated carbocycles. The fourth-order valence-corrected chi connectivity index (χ4v) is 4.86. The third-order valence-electron chi connectivity index (χ3n) is 5.59. The molecule has 0 N–H and O–H groups in total. The molecule has 5 heterocycles. The Hall–Kier alpha value is -2.81. The molecule has 8 nitrogen and oxygen atoms in total. The van der Waals surface area contributed by atoms with Gasteiger partial charge in [-0.1, -0.05) is 0 Å². The van der Waals surface area contributed by atoms with E-state index in [1.807, 2.05) is 12.4 Å². The first kappa shape index (κ1) is 16.2. The number of piperazine rings is 1. The topological polar surface area (TPSA) is 75.3 Å². The van der Waals surface area contributed by atoms with Gasteiger partial charge in [-0.25, -0.2) is 15.0 Å². The van der Waals surface area contributed by atoms with Crippen molar-refractivity contribution >= 4 is 38.8 Å². The Morgan fingerprint density at radius 1 is 0.964 bits per heavy atom. The highest BCUT2D eigenvalue weighted by atomic mass is 32.1. The van der Waals surface area contributed by atoms with Crippen molar-refractivity contribution in [2.45, 2.75) is 25.7 Å². The number of aryl methyl sites for hydroxylation is 1. The molecule has 4 aromatic heterocycles. The molecule has 0 bridgehead atoms. The van der Waals surface area contributed by atoms with E-state index in [0.29, 0.717) is 5.92 Å². The van der Waals surface area contributed by atoms with Gasteiger partial charge in [0.25, 0.3) is 0 Å². The summed E-state index contributed by atoms with van der Waals surface area (Å²) in [7, 11) is 0. The Kier molecular flexibility index (Phi) is 3.52. The van der Waals surface area contributed by atoms with Crippen LogP contribution in [0, 0.1) is 6.92 Å². The van der Waals surface area contributed by atoms with Crippen molar-refractivity contribution in [3.8, 4) is 0 Å². The van der Waals surface area contributed by atoms with Crippen LogP contribution >= 0.6 is 11.3 Å². The molecule has 9 heteroatoms. The number of hydrogen-bond acceptors (Lipinski definition) is 8. The van der Waals surface area contributed by atoms with Gasteiger partial charge in [0.15, 0.2) is 5.82 Å². The quantitative estimate of drug-likeness (QED) is 0.530. The third-order valence-corrected chi connectivity index (χ3v) is 6.55. The van der Waals surface area contributed by atoms with Crippen LogP contribution in [0.2, 0.25) is 0 Å². The minimum atomic E-state index is 0.566. The summed E-state index contributed by atoms with van der Waals surface area (Å²) in [6.45, 7) is 5.68. The number of hydrogen-bond donors (Lipinski definition) is 0. The van der Waals surface area contributed by atoms with Crippen LogP contribution in [0.4, 0.5) is 11.6 Å². The average Bonchev–Trinajstić information content (AvgIpc) is 3.35. The van der Waals surface area contributed by atoms with Crippen molar-refractivity contribution in [1.29, 1.82) is 0 Å². The number of aromatic nitrogens is 6. The van der Waals surface area contributed by atoms with Crippen LogP contribution in [0.5, 0.6) is 0 Å². The molecule has 6 rings (SSSR count). The van der Waals surface area contributed by atoms with Crippen molar-refractivity contribution in [2.75, 3.05) is 36.0 Å². The summed E-state index contributed by atoms with van der Waals surface area (Å²) in [5, 5.41) is 10.0. The van der Waals surface area contributed by atoms with Gasteiger partial charge in [0.2, 0.25) is 5.65 Å². The van der Waals surface area contributed by atoms with Crippen LogP contribution < -0.4 is 9.80 Å². The highest BCUT2D eigenvalue weighted by Crippen LogP contribution is 2.39. The second kappa shape index (κ2) is 6.10. The maximum atomic E-state index is 4.63. The molecule has 0 unspecified atom stereocenters. The predicted molar refractivity (Wildman–Crippen MR) is 109 cm³/mol. The van der Waals surface area contributed by atoms with E-state index < -0.39 is 0 Å². The second-order valence-electron chi connectivity index (χ2n) is 7.52. The molecular weight excluding hydrogens is 372 g/mol. The summed E-state index contributed by atoms with van der Waals surface area (Å²) in [6.07, 6.45) is 7.96. The Labute approximate surface area is 165 Å². The first-order chi connectivity index (χ1) is 13.8. The van der Waals surface area contributed by atoms with Gasteiger partial charge in [-0.15, -0.1) is 21.5 Å². The molecule has 0 atom stereocenters. The van der Waals surface area contributed by atoms with Crippen LogP contribution in [-0.4, -0.2) is 55.7 Å². The fourth-order valence-electron chi connectivity index (χ4n) is 4.02. The van der Waals surface area contributed by atoms with Gasteiger partial charge in [-0.2, -0.15) is 0 Å². The first-order valence-electron chi connectivity index (χ1n) is 9.68. The van der Waals surface area contributed by atoms with Gasteiger partial charge in [0.1, 0.15) is 22.8 Å². The predicted octanol–water partition coefficient (Wildman–Crippen LogP) is 2.64. The van der Waals surface area contributed by atoms with E-state index in [9.17, 15) is 0 Å². The van der Waals surface area contributed by atoms with E-state index >= 15 is 0 Å². The number of fused-ring (bicyclic) bond motifs is 2. The van der Waals surface area contributed by atoms with Crippen LogP contribution in [0.3, 0.4) is 0 Å². The zero-order valence-corrected chi connectivity index (χ0v) is 16.4. The summed E-state index contributed by atoms with van der Waals surface area (Å²) in [4.78, 5) is 20.6. The molecule has 0 spiro atoms. The van der Waals surface area contributed by atoms with Gasteiger partial charge >= 0.3 is 0 Å². The van der Waals surface area contributed by atoms with Crippen LogP contribution in [0.25, 0.3) is 15.9 Å². The lowest BCUT2D eigenvalue weighted by molar-refractivity contribution is 0.643. The van der Waals surface area contributed by atoms with E-state index in [2.05, 4.69) is 52.3 Å². The van der Waals surface area contributed by atoms with E-state index in [1.54, 1.807) is 17.7 Å². The maximum absolute atomic E-state index is 4.63. The molecule has 142 valence electrons. The lowest BCUT2D eigenvalue weighted by Crippen LogP contribution is -2.47. The monoisotopic (exact) mass is 392 g/mol. The molecule has 28 heavy (non-hydrogen) atoms. The minimum absolute atomic E-state index is 0.566. The van der Waals surface area contributed by atoms with Crippen molar-refractivity contribution in [3.63, 3.8) is 0 Å². The number of rotatable bonds is 3. The lowest BCUT2D eigenvalue weighted by Gasteiger charge is -2.36. The van der Waals surface area contributed by atoms with Crippen molar-refractivity contribution in [2.24, 2.45) is 0 Å². The van der Waals surface area contributed by atoms with E-state index in [0.717, 1.165) is 59.5 Å². The Balaban J connectivity index is 1.27. The summed E-state index contributed by atoms with van der Waals surface area (Å²) < 4.78 is 2.12. The molecule has 2 aliphatic rings. The highest BCUT2D eigenvalue weighted by Gasteiger charge is 2.30. The van der Waals surface area contributed by atoms with Gasteiger partial charge in [0.05, 0.1) is 5.39 Å². The third kappa shape index (κ3) is 2.53. The zero-order valence-electron chi connectivity index (χ0n) is 15.6. The van der Waals surface area contributed by atoms with Crippen LogP contribution in [0.15, 0.2) is 24.8 Å². The van der Waals surface area contributed by atoms with Gasteiger partial charge in [-0.3, -0.25) is 4.40 Å².